The van der Waals surface area contributed by atoms with Gasteiger partial charge in [-0.1, -0.05) is 36.4 Å². The second-order valence-corrected chi connectivity index (χ2v) is 10.6. The maximum Gasteiger partial charge on any atom is 0.336 e. The highest BCUT2D eigenvalue weighted by Crippen LogP contribution is 2.46. The van der Waals surface area contributed by atoms with E-state index >= 15 is 0 Å². The van der Waals surface area contributed by atoms with E-state index in [1.807, 2.05) is 47.8 Å². The minimum atomic E-state index is -0.778. The SMILES string of the molecule is CC1=C(C(=O)OCCOc2ccccc2)[C@@H](c2ccc(C)c([N+](=O)[O-])c2)C2=C(C[C@H](c3cccs3)CC2=O)N1. The first-order chi connectivity index (χ1) is 18.8. The first-order valence-corrected chi connectivity index (χ1v) is 13.6. The average Bonchev–Trinajstić information content (AvgIpc) is 3.46. The molecule has 0 fully saturated rings. The molecule has 0 amide bonds. The van der Waals surface area contributed by atoms with Crippen LogP contribution in [-0.4, -0.2) is 29.9 Å². The van der Waals surface area contributed by atoms with Gasteiger partial charge in [0, 0.05) is 51.7 Å². The van der Waals surface area contributed by atoms with Gasteiger partial charge in [-0.05, 0) is 49.4 Å². The predicted octanol–water partition coefficient (Wildman–Crippen LogP) is 5.95. The summed E-state index contributed by atoms with van der Waals surface area (Å²) in [6.45, 7) is 3.60. The normalized spacial score (nSPS) is 18.9. The number of nitrogens with zero attached hydrogens (tertiary/aromatic N) is 1. The number of para-hydroxylation sites is 1. The summed E-state index contributed by atoms with van der Waals surface area (Å²) in [5.74, 6) is -0.755. The first-order valence-electron chi connectivity index (χ1n) is 12.7. The Labute approximate surface area is 230 Å². The molecule has 5 rings (SSSR count). The van der Waals surface area contributed by atoms with Crippen molar-refractivity contribution in [3.8, 4) is 5.75 Å². The largest absolute Gasteiger partial charge is 0.490 e. The molecule has 9 heteroatoms. The van der Waals surface area contributed by atoms with E-state index in [0.717, 1.165) is 10.6 Å². The van der Waals surface area contributed by atoms with Crippen LogP contribution in [0.1, 0.15) is 47.6 Å². The van der Waals surface area contributed by atoms with E-state index in [1.165, 1.54) is 6.07 Å². The number of Topliss-reactive ketones (excluding diaryl/α,β-unsaturated/α-hetero) is 1. The highest BCUT2D eigenvalue weighted by Gasteiger charge is 2.42. The van der Waals surface area contributed by atoms with Crippen LogP contribution in [0.3, 0.4) is 0 Å². The van der Waals surface area contributed by atoms with Crippen LogP contribution in [0.25, 0.3) is 0 Å². The van der Waals surface area contributed by atoms with E-state index in [2.05, 4.69) is 5.32 Å². The molecular weight excluding hydrogens is 516 g/mol. The fraction of sp³-hybridized carbons (Fsp3) is 0.267. The molecule has 2 heterocycles. The summed E-state index contributed by atoms with van der Waals surface area (Å²) >= 11 is 1.62. The van der Waals surface area contributed by atoms with Gasteiger partial charge in [0.2, 0.25) is 0 Å². The number of benzene rings is 2. The molecule has 2 aromatic carbocycles. The van der Waals surface area contributed by atoms with E-state index in [4.69, 9.17) is 9.47 Å². The van der Waals surface area contributed by atoms with Crippen molar-refractivity contribution in [3.05, 3.63) is 115 Å². The predicted molar refractivity (Wildman–Crippen MR) is 148 cm³/mol. The van der Waals surface area contributed by atoms with E-state index in [1.54, 1.807) is 37.3 Å². The minimum absolute atomic E-state index is 0.00553. The quantitative estimate of drug-likeness (QED) is 0.162. The molecule has 8 nitrogen and oxygen atoms in total. The van der Waals surface area contributed by atoms with Gasteiger partial charge in [0.25, 0.3) is 5.69 Å². The van der Waals surface area contributed by atoms with Crippen LogP contribution < -0.4 is 10.1 Å². The van der Waals surface area contributed by atoms with Gasteiger partial charge in [0.1, 0.15) is 19.0 Å². The minimum Gasteiger partial charge on any atom is -0.490 e. The lowest BCUT2D eigenvalue weighted by molar-refractivity contribution is -0.385. The number of hydrogen-bond acceptors (Lipinski definition) is 8. The Morgan fingerprint density at radius 1 is 1.08 bits per heavy atom. The number of nitro groups is 1. The number of esters is 1. The second kappa shape index (κ2) is 11.2. The van der Waals surface area contributed by atoms with E-state index in [0.29, 0.717) is 41.0 Å². The molecule has 0 bridgehead atoms. The summed E-state index contributed by atoms with van der Waals surface area (Å²) in [4.78, 5) is 39.6. The van der Waals surface area contributed by atoms with Crippen LogP contribution in [0.15, 0.2) is 88.6 Å². The molecule has 1 N–H and O–H groups in total. The van der Waals surface area contributed by atoms with Gasteiger partial charge in [0.05, 0.1) is 10.5 Å². The summed E-state index contributed by atoms with van der Waals surface area (Å²) in [6, 6.07) is 18.1. The Balaban J connectivity index is 1.47. The van der Waals surface area contributed by atoms with E-state index in [9.17, 15) is 19.7 Å². The number of ketones is 1. The van der Waals surface area contributed by atoms with Gasteiger partial charge in [-0.3, -0.25) is 14.9 Å². The van der Waals surface area contributed by atoms with Crippen molar-refractivity contribution in [2.75, 3.05) is 13.2 Å². The van der Waals surface area contributed by atoms with Crippen molar-refractivity contribution in [2.45, 2.75) is 38.5 Å². The van der Waals surface area contributed by atoms with Crippen molar-refractivity contribution in [3.63, 3.8) is 0 Å². The van der Waals surface area contributed by atoms with Crippen molar-refractivity contribution >= 4 is 28.8 Å². The van der Waals surface area contributed by atoms with Gasteiger partial charge in [-0.25, -0.2) is 4.79 Å². The monoisotopic (exact) mass is 544 g/mol. The molecule has 2 atom stereocenters. The number of nitrogens with one attached hydrogen (secondary N) is 1. The van der Waals surface area contributed by atoms with Crippen LogP contribution in [-0.2, 0) is 14.3 Å². The zero-order valence-electron chi connectivity index (χ0n) is 21.6. The highest BCUT2D eigenvalue weighted by molar-refractivity contribution is 7.10. The number of hydrogen-bond donors (Lipinski definition) is 1. The Hall–Kier alpha value is -4.24. The summed E-state index contributed by atoms with van der Waals surface area (Å²) < 4.78 is 11.2. The molecule has 0 unspecified atom stereocenters. The maximum atomic E-state index is 13.7. The molecule has 1 aliphatic heterocycles. The third-order valence-electron chi connectivity index (χ3n) is 7.08. The third-order valence-corrected chi connectivity index (χ3v) is 8.12. The summed E-state index contributed by atoms with van der Waals surface area (Å²) in [5, 5.41) is 17.1. The maximum absolute atomic E-state index is 13.7. The highest BCUT2D eigenvalue weighted by atomic mass is 32.1. The molecule has 2 aliphatic rings. The lowest BCUT2D eigenvalue weighted by Crippen LogP contribution is -2.36. The molecule has 0 saturated carbocycles. The van der Waals surface area contributed by atoms with Crippen LogP contribution in [0.5, 0.6) is 5.75 Å². The molecule has 1 aromatic heterocycles. The van der Waals surface area contributed by atoms with Crippen molar-refractivity contribution in [2.24, 2.45) is 0 Å². The number of ether oxygens (including phenoxy) is 2. The van der Waals surface area contributed by atoms with Crippen LogP contribution >= 0.6 is 11.3 Å². The number of nitro benzene ring substituents is 1. The van der Waals surface area contributed by atoms with Gasteiger partial charge >= 0.3 is 5.97 Å². The molecule has 0 saturated heterocycles. The molecule has 200 valence electrons. The third kappa shape index (κ3) is 5.49. The Morgan fingerprint density at radius 2 is 1.87 bits per heavy atom. The number of thiophene rings is 1. The van der Waals surface area contributed by atoms with Crippen molar-refractivity contribution in [1.82, 2.24) is 5.32 Å². The van der Waals surface area contributed by atoms with E-state index in [-0.39, 0.29) is 36.2 Å². The molecule has 39 heavy (non-hydrogen) atoms. The number of carbonyl (C=O) groups is 2. The summed E-state index contributed by atoms with van der Waals surface area (Å²) in [6.07, 6.45) is 0.911. The van der Waals surface area contributed by atoms with Crippen molar-refractivity contribution < 1.29 is 24.0 Å². The molecule has 0 spiro atoms. The zero-order valence-corrected chi connectivity index (χ0v) is 22.5. The number of rotatable bonds is 8. The first kappa shape index (κ1) is 26.4. The van der Waals surface area contributed by atoms with Crippen LogP contribution in [0.2, 0.25) is 0 Å². The zero-order chi connectivity index (χ0) is 27.5. The fourth-order valence-corrected chi connectivity index (χ4v) is 6.09. The topological polar surface area (TPSA) is 108 Å². The number of carbonyl (C=O) groups excluding carboxylic acids is 2. The van der Waals surface area contributed by atoms with Crippen LogP contribution in [0.4, 0.5) is 5.69 Å². The summed E-state index contributed by atoms with van der Waals surface area (Å²) in [7, 11) is 0. The average molecular weight is 545 g/mol. The lowest BCUT2D eigenvalue weighted by atomic mass is 9.72. The van der Waals surface area contributed by atoms with Crippen molar-refractivity contribution in [1.29, 1.82) is 0 Å². The Kier molecular flexibility index (Phi) is 7.60. The van der Waals surface area contributed by atoms with Gasteiger partial charge in [0.15, 0.2) is 5.78 Å². The Morgan fingerprint density at radius 3 is 2.59 bits per heavy atom. The molecular formula is C30H28N2O6S. The molecule has 0 radical (unpaired) electrons. The second-order valence-electron chi connectivity index (χ2n) is 9.63. The lowest BCUT2D eigenvalue weighted by Gasteiger charge is -2.36. The van der Waals surface area contributed by atoms with Gasteiger partial charge in [-0.2, -0.15) is 0 Å². The van der Waals surface area contributed by atoms with Gasteiger partial charge < -0.3 is 14.8 Å². The number of dihydropyridines is 1. The number of aryl methyl sites for hydroxylation is 1. The standard InChI is InChI=1S/C30H28N2O6S/c1-18-10-11-20(16-24(18)32(35)36)28-27(30(34)38-13-12-37-22-7-4-3-5-8-22)19(2)31-23-15-21(17-25(33)29(23)28)26-9-6-14-39-26/h3-11,14,16,21,28,31H,12-13,15,17H2,1-2H3/t21-,28+/m0/s1. The fourth-order valence-electron chi connectivity index (χ4n) is 5.26. The van der Waals surface area contributed by atoms with Gasteiger partial charge in [-0.15, -0.1) is 11.3 Å². The number of allylic oxidation sites excluding steroid dienone is 3. The molecule has 3 aromatic rings. The smallest absolute Gasteiger partial charge is 0.336 e. The van der Waals surface area contributed by atoms with Crippen LogP contribution in [0, 0.1) is 17.0 Å². The Bertz CT molecular complexity index is 1480. The van der Waals surface area contributed by atoms with E-state index < -0.39 is 16.8 Å². The summed E-state index contributed by atoms with van der Waals surface area (Å²) in [5.41, 5.74) is 3.01. The molecule has 1 aliphatic carbocycles.